The summed E-state index contributed by atoms with van der Waals surface area (Å²) in [4.78, 5) is 23.2. The molecule has 3 aromatic carbocycles. The minimum Gasteiger partial charge on any atom is -0.486 e. The summed E-state index contributed by atoms with van der Waals surface area (Å²) in [6, 6.07) is 17.7. The molecule has 186 valence electrons. The molecule has 0 atom stereocenters. The zero-order chi connectivity index (χ0) is 25.3. The lowest BCUT2D eigenvalue weighted by atomic mass is 10.1. The molecule has 0 spiro atoms. The van der Waals surface area contributed by atoms with Crippen LogP contribution < -0.4 is 18.9 Å². The van der Waals surface area contributed by atoms with Crippen molar-refractivity contribution < 1.29 is 38.0 Å². The maximum absolute atomic E-state index is 11.7. The van der Waals surface area contributed by atoms with Crippen molar-refractivity contribution in [2.24, 2.45) is 0 Å². The van der Waals surface area contributed by atoms with Crippen LogP contribution >= 0.6 is 0 Å². The second kappa shape index (κ2) is 11.8. The van der Waals surface area contributed by atoms with Crippen LogP contribution in [0.3, 0.4) is 0 Å². The zero-order valence-electron chi connectivity index (χ0n) is 20.0. The first-order valence-corrected chi connectivity index (χ1v) is 11.4. The Kier molecular flexibility index (Phi) is 8.08. The normalized spacial score (nSPS) is 12.2. The van der Waals surface area contributed by atoms with Crippen LogP contribution in [0.1, 0.15) is 28.4 Å². The fraction of sp³-hybridized carbons (Fsp3) is 0.214. The minimum atomic E-state index is -0.396. The van der Waals surface area contributed by atoms with Crippen LogP contribution in [0, 0.1) is 0 Å². The molecule has 8 heteroatoms. The third kappa shape index (κ3) is 6.35. The summed E-state index contributed by atoms with van der Waals surface area (Å²) in [5.41, 5.74) is 2.15. The number of benzene rings is 3. The second-order valence-electron chi connectivity index (χ2n) is 7.68. The average molecular weight is 491 g/mol. The number of hydrogen-bond donors (Lipinski definition) is 0. The van der Waals surface area contributed by atoms with E-state index < -0.39 is 11.9 Å². The monoisotopic (exact) mass is 490 g/mol. The van der Waals surface area contributed by atoms with E-state index in [0.717, 1.165) is 11.1 Å². The molecular formula is C28H26O8. The zero-order valence-corrected chi connectivity index (χ0v) is 20.0. The molecule has 3 aromatic rings. The smallest absolute Gasteiger partial charge is 0.337 e. The molecule has 0 saturated carbocycles. The lowest BCUT2D eigenvalue weighted by Gasteiger charge is -2.21. The van der Waals surface area contributed by atoms with Gasteiger partial charge in [0.1, 0.15) is 25.6 Å². The molecule has 36 heavy (non-hydrogen) atoms. The summed E-state index contributed by atoms with van der Waals surface area (Å²) in [7, 11) is 1.34. The molecule has 4 rings (SSSR count). The Labute approximate surface area is 209 Å². The van der Waals surface area contributed by atoms with Gasteiger partial charge < -0.3 is 28.4 Å². The number of hydrogen-bond acceptors (Lipinski definition) is 8. The van der Waals surface area contributed by atoms with Gasteiger partial charge in [-0.1, -0.05) is 24.3 Å². The van der Waals surface area contributed by atoms with Crippen LogP contribution in [0.4, 0.5) is 0 Å². The minimum absolute atomic E-state index is 0.245. The number of carbonyl (C=O) groups is 2. The summed E-state index contributed by atoms with van der Waals surface area (Å²) < 4.78 is 33.2. The van der Waals surface area contributed by atoms with Gasteiger partial charge in [0.25, 0.3) is 0 Å². The van der Waals surface area contributed by atoms with Crippen LogP contribution in [0.25, 0.3) is 6.08 Å². The van der Waals surface area contributed by atoms with Gasteiger partial charge in [0.2, 0.25) is 0 Å². The fourth-order valence-corrected chi connectivity index (χ4v) is 3.39. The quantitative estimate of drug-likeness (QED) is 0.299. The molecule has 1 aliphatic rings. The summed E-state index contributed by atoms with van der Waals surface area (Å²) in [6.45, 7) is 3.22. The lowest BCUT2D eigenvalue weighted by molar-refractivity contribution is -0.137. The van der Waals surface area contributed by atoms with Crippen molar-refractivity contribution in [3.8, 4) is 28.7 Å². The molecule has 8 nitrogen and oxygen atoms in total. The van der Waals surface area contributed by atoms with Crippen molar-refractivity contribution in [2.75, 3.05) is 26.9 Å². The molecule has 0 amide bonds. The number of esters is 2. The maximum atomic E-state index is 11.7. The van der Waals surface area contributed by atoms with Crippen molar-refractivity contribution >= 4 is 18.0 Å². The fourth-order valence-electron chi connectivity index (χ4n) is 3.39. The molecule has 0 N–H and O–H groups in total. The highest BCUT2D eigenvalue weighted by molar-refractivity contribution is 5.89. The standard InChI is InChI=1S/C28H26O8/c1-3-32-27(29)13-8-19-6-11-22(12-7-19)36-26-17-24-23(33-14-15-34-24)16-25(26)35-18-20-4-9-21(10-5-20)28(30)31-2/h4-13,16-17H,3,14-15,18H2,1-2H3/b13-8+. The Hall–Kier alpha value is -4.46. The first-order chi connectivity index (χ1) is 17.6. The van der Waals surface area contributed by atoms with E-state index in [1.165, 1.54) is 13.2 Å². The van der Waals surface area contributed by atoms with Crippen molar-refractivity contribution in [3.63, 3.8) is 0 Å². The summed E-state index contributed by atoms with van der Waals surface area (Å²) in [5, 5.41) is 0. The van der Waals surface area contributed by atoms with E-state index in [4.69, 9.17) is 28.4 Å². The Bertz CT molecular complexity index is 1230. The van der Waals surface area contributed by atoms with E-state index in [0.29, 0.717) is 54.1 Å². The summed E-state index contributed by atoms with van der Waals surface area (Å²) >= 11 is 0. The van der Waals surface area contributed by atoms with Crippen LogP contribution in [-0.2, 0) is 20.9 Å². The van der Waals surface area contributed by atoms with Gasteiger partial charge in [-0.05, 0) is 48.4 Å². The third-order valence-corrected chi connectivity index (χ3v) is 5.18. The highest BCUT2D eigenvalue weighted by atomic mass is 16.6. The number of methoxy groups -OCH3 is 1. The van der Waals surface area contributed by atoms with Crippen LogP contribution in [0.2, 0.25) is 0 Å². The van der Waals surface area contributed by atoms with Gasteiger partial charge in [0, 0.05) is 18.2 Å². The van der Waals surface area contributed by atoms with Crippen molar-refractivity contribution in [3.05, 3.63) is 83.4 Å². The first-order valence-electron chi connectivity index (χ1n) is 11.4. The Balaban J connectivity index is 1.50. The second-order valence-corrected chi connectivity index (χ2v) is 7.68. The Morgan fingerprint density at radius 1 is 0.917 bits per heavy atom. The summed E-state index contributed by atoms with van der Waals surface area (Å²) in [6.07, 6.45) is 3.05. The number of fused-ring (bicyclic) bond motifs is 1. The van der Waals surface area contributed by atoms with E-state index >= 15 is 0 Å². The van der Waals surface area contributed by atoms with E-state index in [1.807, 2.05) is 12.1 Å². The Morgan fingerprint density at radius 3 is 2.22 bits per heavy atom. The van der Waals surface area contributed by atoms with Crippen molar-refractivity contribution in [1.29, 1.82) is 0 Å². The van der Waals surface area contributed by atoms with Crippen LogP contribution in [-0.4, -0.2) is 38.9 Å². The number of carbonyl (C=O) groups excluding carboxylic acids is 2. The maximum Gasteiger partial charge on any atom is 0.337 e. The highest BCUT2D eigenvalue weighted by Crippen LogP contribution is 2.43. The lowest BCUT2D eigenvalue weighted by Crippen LogP contribution is -2.15. The van der Waals surface area contributed by atoms with Gasteiger partial charge >= 0.3 is 11.9 Å². The Morgan fingerprint density at radius 2 is 1.58 bits per heavy atom. The predicted molar refractivity (Wildman–Crippen MR) is 132 cm³/mol. The summed E-state index contributed by atoms with van der Waals surface area (Å²) in [5.74, 6) is 1.86. The van der Waals surface area contributed by atoms with E-state index in [-0.39, 0.29) is 6.61 Å². The molecule has 0 saturated heterocycles. The third-order valence-electron chi connectivity index (χ3n) is 5.18. The highest BCUT2D eigenvalue weighted by Gasteiger charge is 2.19. The molecule has 1 aliphatic heterocycles. The van der Waals surface area contributed by atoms with Gasteiger partial charge in [0.05, 0.1) is 19.3 Å². The molecule has 0 radical (unpaired) electrons. The molecule has 0 unspecified atom stereocenters. The number of rotatable bonds is 9. The first kappa shape index (κ1) is 24.7. The topological polar surface area (TPSA) is 89.5 Å². The van der Waals surface area contributed by atoms with Gasteiger partial charge in [-0.15, -0.1) is 0 Å². The van der Waals surface area contributed by atoms with Gasteiger partial charge in [-0.3, -0.25) is 0 Å². The van der Waals surface area contributed by atoms with Crippen LogP contribution in [0.5, 0.6) is 28.7 Å². The molecule has 1 heterocycles. The molecule has 0 aromatic heterocycles. The van der Waals surface area contributed by atoms with E-state index in [9.17, 15) is 9.59 Å². The van der Waals surface area contributed by atoms with Crippen LogP contribution in [0.15, 0.2) is 66.7 Å². The molecular weight excluding hydrogens is 464 g/mol. The van der Waals surface area contributed by atoms with Gasteiger partial charge in [-0.25, -0.2) is 9.59 Å². The van der Waals surface area contributed by atoms with Crippen molar-refractivity contribution in [1.82, 2.24) is 0 Å². The molecule has 0 bridgehead atoms. The van der Waals surface area contributed by atoms with E-state index in [1.54, 1.807) is 61.5 Å². The van der Waals surface area contributed by atoms with E-state index in [2.05, 4.69) is 0 Å². The number of ether oxygens (including phenoxy) is 6. The SMILES string of the molecule is CCOC(=O)/C=C/c1ccc(Oc2cc3c(cc2OCc2ccc(C(=O)OC)cc2)OCCO3)cc1. The largest absolute Gasteiger partial charge is 0.486 e. The van der Waals surface area contributed by atoms with Crippen molar-refractivity contribution in [2.45, 2.75) is 13.5 Å². The van der Waals surface area contributed by atoms with Gasteiger partial charge in [-0.2, -0.15) is 0 Å². The molecule has 0 aliphatic carbocycles. The molecule has 0 fully saturated rings. The predicted octanol–water partition coefficient (Wildman–Crippen LogP) is 5.19. The van der Waals surface area contributed by atoms with Gasteiger partial charge in [0.15, 0.2) is 23.0 Å². The average Bonchev–Trinajstić information content (AvgIpc) is 2.91.